The molecule has 7 aromatic carbocycles. The van der Waals surface area contributed by atoms with E-state index in [0.717, 1.165) is 29.9 Å². The van der Waals surface area contributed by atoms with E-state index in [1.165, 1.54) is 72.4 Å². The molecule has 0 N–H and O–H groups in total. The lowest BCUT2D eigenvalue weighted by atomic mass is 9.82. The second kappa shape index (κ2) is 12.4. The average molecular weight is 681 g/mol. The third-order valence-electron chi connectivity index (χ3n) is 11.5. The molecule has 0 fully saturated rings. The number of benzene rings is 7. The Kier molecular flexibility index (Phi) is 7.33. The van der Waals surface area contributed by atoms with Crippen LogP contribution in [0.15, 0.2) is 176 Å². The molecule has 0 radical (unpaired) electrons. The normalized spacial score (nSPS) is 14.0. The van der Waals surface area contributed by atoms with Gasteiger partial charge in [0.15, 0.2) is 0 Å². The van der Waals surface area contributed by atoms with Crippen LogP contribution in [0.2, 0.25) is 0 Å². The standard InChI is InChI=1S/C51H40N2/c1-51(2)47-22-11-9-20-43(47)44-30-29-42(34-48(44)51)52(41-19-13-16-37(32-41)35-14-5-3-6-15-35)40-27-24-36(25-28-40)38-26-31-50-46(33-38)45-21-10-12-23-49(45)53(50)39-17-7-4-8-18-39/h3-25,27-30,32-34H,26,31H2,1-2H3. The van der Waals surface area contributed by atoms with Crippen LogP contribution >= 0.6 is 0 Å². The number of hydrogen-bond donors (Lipinski definition) is 0. The Hall–Kier alpha value is -6.38. The van der Waals surface area contributed by atoms with Crippen LogP contribution in [-0.2, 0) is 11.8 Å². The molecule has 254 valence electrons. The molecule has 53 heavy (non-hydrogen) atoms. The molecular formula is C51H40N2. The van der Waals surface area contributed by atoms with Gasteiger partial charge in [0.1, 0.15) is 0 Å². The summed E-state index contributed by atoms with van der Waals surface area (Å²) in [6.07, 6.45) is 4.44. The molecule has 2 aliphatic carbocycles. The SMILES string of the molecule is CC1(C)c2ccccc2-c2ccc(N(c3ccc(C4=Cc5c(n(-c6ccccc6)c6ccccc56)CC4)cc3)c3cccc(-c4ccccc4)c3)cc21. The smallest absolute Gasteiger partial charge is 0.0537 e. The minimum Gasteiger partial charge on any atom is -0.313 e. The Bertz CT molecular complexity index is 2680. The van der Waals surface area contributed by atoms with Crippen LogP contribution in [0.5, 0.6) is 0 Å². The van der Waals surface area contributed by atoms with E-state index in [0.29, 0.717) is 0 Å². The van der Waals surface area contributed by atoms with Crippen molar-refractivity contribution in [1.82, 2.24) is 4.57 Å². The zero-order valence-corrected chi connectivity index (χ0v) is 30.1. The number of rotatable bonds is 6. The molecule has 0 bridgehead atoms. The molecular weight excluding hydrogens is 641 g/mol. The van der Waals surface area contributed by atoms with E-state index < -0.39 is 0 Å². The summed E-state index contributed by atoms with van der Waals surface area (Å²) in [5.41, 5.74) is 19.1. The zero-order valence-electron chi connectivity index (χ0n) is 30.1. The number of hydrogen-bond acceptors (Lipinski definition) is 1. The van der Waals surface area contributed by atoms with Gasteiger partial charge in [0.25, 0.3) is 0 Å². The molecule has 1 aromatic heterocycles. The molecule has 0 unspecified atom stereocenters. The monoisotopic (exact) mass is 680 g/mol. The van der Waals surface area contributed by atoms with E-state index in [4.69, 9.17) is 0 Å². The lowest BCUT2D eigenvalue weighted by Crippen LogP contribution is -2.16. The average Bonchev–Trinajstić information content (AvgIpc) is 3.67. The van der Waals surface area contributed by atoms with Gasteiger partial charge in [0.05, 0.1) is 5.52 Å². The Morgan fingerprint density at radius 3 is 1.98 bits per heavy atom. The number of aromatic nitrogens is 1. The molecule has 0 atom stereocenters. The molecule has 0 amide bonds. The van der Waals surface area contributed by atoms with Crippen LogP contribution in [0.3, 0.4) is 0 Å². The first-order valence-corrected chi connectivity index (χ1v) is 18.7. The number of allylic oxidation sites excluding steroid dienone is 1. The largest absolute Gasteiger partial charge is 0.313 e. The summed E-state index contributed by atoms with van der Waals surface area (Å²) in [4.78, 5) is 2.43. The quantitative estimate of drug-likeness (QED) is 0.170. The summed E-state index contributed by atoms with van der Waals surface area (Å²) < 4.78 is 2.46. The first kappa shape index (κ1) is 31.4. The van der Waals surface area contributed by atoms with E-state index >= 15 is 0 Å². The fourth-order valence-electron chi connectivity index (χ4n) is 8.88. The lowest BCUT2D eigenvalue weighted by molar-refractivity contribution is 0.660. The highest BCUT2D eigenvalue weighted by molar-refractivity contribution is 5.99. The van der Waals surface area contributed by atoms with Gasteiger partial charge in [0, 0.05) is 44.8 Å². The number of anilines is 3. The molecule has 1 heterocycles. The van der Waals surface area contributed by atoms with Gasteiger partial charge in [-0.15, -0.1) is 0 Å². The maximum absolute atomic E-state index is 2.46. The number of nitrogens with zero attached hydrogens (tertiary/aromatic N) is 2. The van der Waals surface area contributed by atoms with Gasteiger partial charge >= 0.3 is 0 Å². The third-order valence-corrected chi connectivity index (χ3v) is 11.5. The second-order valence-corrected chi connectivity index (χ2v) is 14.9. The Balaban J connectivity index is 1.07. The van der Waals surface area contributed by atoms with Crippen molar-refractivity contribution in [1.29, 1.82) is 0 Å². The Morgan fingerprint density at radius 1 is 0.491 bits per heavy atom. The van der Waals surface area contributed by atoms with Crippen LogP contribution in [-0.4, -0.2) is 4.57 Å². The summed E-state index contributed by atoms with van der Waals surface area (Å²) >= 11 is 0. The first-order chi connectivity index (χ1) is 26.0. The van der Waals surface area contributed by atoms with E-state index in [9.17, 15) is 0 Å². The highest BCUT2D eigenvalue weighted by Gasteiger charge is 2.35. The molecule has 0 aliphatic heterocycles. The van der Waals surface area contributed by atoms with Crippen molar-refractivity contribution in [2.75, 3.05) is 4.90 Å². The van der Waals surface area contributed by atoms with E-state index in [2.05, 4.69) is 205 Å². The highest BCUT2D eigenvalue weighted by Crippen LogP contribution is 2.51. The molecule has 0 saturated heterocycles. The van der Waals surface area contributed by atoms with Gasteiger partial charge in [-0.25, -0.2) is 0 Å². The molecule has 2 nitrogen and oxygen atoms in total. The maximum atomic E-state index is 2.46. The summed E-state index contributed by atoms with van der Waals surface area (Å²) in [5, 5.41) is 1.31. The van der Waals surface area contributed by atoms with E-state index in [-0.39, 0.29) is 5.41 Å². The number of fused-ring (bicyclic) bond motifs is 6. The lowest BCUT2D eigenvalue weighted by Gasteiger charge is -2.29. The summed E-state index contributed by atoms with van der Waals surface area (Å²) in [6, 6.07) is 64.4. The minimum absolute atomic E-state index is 0.0840. The molecule has 8 aromatic rings. The van der Waals surface area contributed by atoms with Crippen molar-refractivity contribution >= 4 is 39.6 Å². The first-order valence-electron chi connectivity index (χ1n) is 18.7. The van der Waals surface area contributed by atoms with Gasteiger partial charge in [-0.1, -0.05) is 135 Å². The maximum Gasteiger partial charge on any atom is 0.0537 e. The fourth-order valence-corrected chi connectivity index (χ4v) is 8.88. The summed E-state index contributed by atoms with van der Waals surface area (Å²) in [6.45, 7) is 4.72. The van der Waals surface area contributed by atoms with Gasteiger partial charge in [-0.3, -0.25) is 0 Å². The van der Waals surface area contributed by atoms with Crippen molar-refractivity contribution < 1.29 is 0 Å². The summed E-state index contributed by atoms with van der Waals surface area (Å²) in [7, 11) is 0. The van der Waals surface area contributed by atoms with Crippen molar-refractivity contribution in [3.63, 3.8) is 0 Å². The van der Waals surface area contributed by atoms with E-state index in [1.807, 2.05) is 0 Å². The molecule has 2 aliphatic rings. The van der Waals surface area contributed by atoms with Gasteiger partial charge in [-0.05, 0) is 118 Å². The van der Waals surface area contributed by atoms with Crippen molar-refractivity contribution in [3.05, 3.63) is 204 Å². The van der Waals surface area contributed by atoms with Crippen LogP contribution in [0.25, 0.3) is 50.5 Å². The molecule has 2 heteroatoms. The van der Waals surface area contributed by atoms with Crippen LogP contribution < -0.4 is 4.90 Å². The highest BCUT2D eigenvalue weighted by atomic mass is 15.1. The van der Waals surface area contributed by atoms with Gasteiger partial charge < -0.3 is 9.47 Å². The van der Waals surface area contributed by atoms with Crippen LogP contribution in [0.4, 0.5) is 17.1 Å². The van der Waals surface area contributed by atoms with Crippen LogP contribution in [0, 0.1) is 0 Å². The second-order valence-electron chi connectivity index (χ2n) is 14.9. The van der Waals surface area contributed by atoms with Crippen molar-refractivity contribution in [2.45, 2.75) is 32.1 Å². The molecule has 10 rings (SSSR count). The van der Waals surface area contributed by atoms with Crippen molar-refractivity contribution in [2.24, 2.45) is 0 Å². The van der Waals surface area contributed by atoms with Crippen LogP contribution in [0.1, 0.15) is 48.2 Å². The third kappa shape index (κ3) is 5.17. The Morgan fingerprint density at radius 2 is 1.15 bits per heavy atom. The predicted molar refractivity (Wildman–Crippen MR) is 224 cm³/mol. The molecule has 0 spiro atoms. The van der Waals surface area contributed by atoms with E-state index in [1.54, 1.807) is 0 Å². The predicted octanol–water partition coefficient (Wildman–Crippen LogP) is 13.6. The zero-order chi connectivity index (χ0) is 35.5. The number of para-hydroxylation sites is 2. The Labute approximate surface area is 311 Å². The van der Waals surface area contributed by atoms with Crippen molar-refractivity contribution in [3.8, 4) is 27.9 Å². The minimum atomic E-state index is -0.0840. The van der Waals surface area contributed by atoms with Gasteiger partial charge in [-0.2, -0.15) is 0 Å². The van der Waals surface area contributed by atoms with Gasteiger partial charge in [0.2, 0.25) is 0 Å². The fraction of sp³-hybridized carbons (Fsp3) is 0.0980. The molecule has 0 saturated carbocycles. The topological polar surface area (TPSA) is 8.17 Å². The summed E-state index contributed by atoms with van der Waals surface area (Å²) in [5.74, 6) is 0.